The minimum atomic E-state index is -1.39. The molecule has 0 aromatic rings. The van der Waals surface area contributed by atoms with Crippen molar-refractivity contribution in [3.63, 3.8) is 0 Å². The molecule has 1 aliphatic heterocycles. The van der Waals surface area contributed by atoms with E-state index in [4.69, 9.17) is 4.74 Å². The molecule has 7 atom stereocenters. The molecule has 7 unspecified atom stereocenters. The van der Waals surface area contributed by atoms with Crippen LogP contribution in [-0.4, -0.2) is 40.0 Å². The number of carbonyl (C=O) groups is 2. The number of fused-ring (bicyclic) bond motifs is 3. The SMILES string of the molecule is CC1(O)CCC2C(CCC3(C)C(C4=CC(=O)OC4)CCC23O)C1(C)C(=O)[O-]. The number of carboxylic acid groups (broad SMARTS) is 1. The number of carboxylic acids is 1. The van der Waals surface area contributed by atoms with Gasteiger partial charge in [0.15, 0.2) is 0 Å². The Morgan fingerprint density at radius 3 is 2.37 bits per heavy atom. The smallest absolute Gasteiger partial charge is 0.331 e. The number of rotatable bonds is 2. The van der Waals surface area contributed by atoms with Crippen molar-refractivity contribution in [3.8, 4) is 0 Å². The maximum atomic E-state index is 12.1. The number of carbonyl (C=O) groups excluding carboxylic acids is 2. The van der Waals surface area contributed by atoms with Crippen LogP contribution >= 0.6 is 0 Å². The van der Waals surface area contributed by atoms with Gasteiger partial charge in [0.05, 0.1) is 17.2 Å². The van der Waals surface area contributed by atoms with Gasteiger partial charge in [-0.05, 0) is 68.8 Å². The van der Waals surface area contributed by atoms with Crippen molar-refractivity contribution >= 4 is 11.9 Å². The Kier molecular flexibility index (Phi) is 3.91. The minimum Gasteiger partial charge on any atom is -0.549 e. The summed E-state index contributed by atoms with van der Waals surface area (Å²) in [4.78, 5) is 23.7. The second kappa shape index (κ2) is 5.57. The third-order valence-corrected chi connectivity index (χ3v) is 9.00. The van der Waals surface area contributed by atoms with E-state index in [2.05, 4.69) is 6.92 Å². The second-order valence-corrected chi connectivity index (χ2v) is 9.81. The molecule has 0 amide bonds. The van der Waals surface area contributed by atoms with Gasteiger partial charge >= 0.3 is 5.97 Å². The van der Waals surface area contributed by atoms with Crippen LogP contribution < -0.4 is 5.11 Å². The highest BCUT2D eigenvalue weighted by molar-refractivity contribution is 5.85. The van der Waals surface area contributed by atoms with Crippen molar-refractivity contribution in [2.75, 3.05) is 6.61 Å². The van der Waals surface area contributed by atoms with Gasteiger partial charge < -0.3 is 24.9 Å². The Morgan fingerprint density at radius 1 is 1.11 bits per heavy atom. The van der Waals surface area contributed by atoms with E-state index in [1.54, 1.807) is 19.9 Å². The van der Waals surface area contributed by atoms with E-state index in [0.29, 0.717) is 32.1 Å². The first-order valence-electron chi connectivity index (χ1n) is 10.0. The minimum absolute atomic E-state index is 0.0616. The van der Waals surface area contributed by atoms with Crippen LogP contribution in [0.15, 0.2) is 11.6 Å². The number of aliphatic carboxylic acids is 1. The first kappa shape index (κ1) is 18.9. The quantitative estimate of drug-likeness (QED) is 0.694. The Morgan fingerprint density at radius 2 is 1.78 bits per heavy atom. The van der Waals surface area contributed by atoms with Gasteiger partial charge in [0.25, 0.3) is 0 Å². The molecule has 0 radical (unpaired) electrons. The Labute approximate surface area is 159 Å². The molecular weight excluding hydrogens is 348 g/mol. The molecular formula is C21H29O6-. The van der Waals surface area contributed by atoms with E-state index in [-0.39, 0.29) is 30.3 Å². The molecule has 3 aliphatic carbocycles. The Balaban J connectivity index is 1.73. The summed E-state index contributed by atoms with van der Waals surface area (Å²) in [6.07, 6.45) is 5.08. The largest absolute Gasteiger partial charge is 0.549 e. The summed E-state index contributed by atoms with van der Waals surface area (Å²) >= 11 is 0. The molecule has 4 rings (SSSR count). The Bertz CT molecular complexity index is 726. The highest BCUT2D eigenvalue weighted by atomic mass is 16.5. The molecule has 3 saturated carbocycles. The number of esters is 1. The van der Waals surface area contributed by atoms with E-state index in [1.165, 1.54) is 0 Å². The van der Waals surface area contributed by atoms with Crippen LogP contribution in [0.3, 0.4) is 0 Å². The lowest BCUT2D eigenvalue weighted by Gasteiger charge is -2.64. The lowest BCUT2D eigenvalue weighted by atomic mass is 9.44. The fourth-order valence-electron chi connectivity index (χ4n) is 7.04. The molecule has 0 aromatic heterocycles. The summed E-state index contributed by atoms with van der Waals surface area (Å²) in [5.41, 5.74) is -3.24. The van der Waals surface area contributed by atoms with Crippen LogP contribution in [-0.2, 0) is 14.3 Å². The number of cyclic esters (lactones) is 1. The average Bonchev–Trinajstić information content (AvgIpc) is 3.11. The van der Waals surface area contributed by atoms with Gasteiger partial charge in [-0.25, -0.2) is 4.79 Å². The highest BCUT2D eigenvalue weighted by Gasteiger charge is 2.69. The van der Waals surface area contributed by atoms with Gasteiger partial charge in [-0.3, -0.25) is 0 Å². The van der Waals surface area contributed by atoms with Crippen molar-refractivity contribution in [3.05, 3.63) is 11.6 Å². The molecule has 27 heavy (non-hydrogen) atoms. The van der Waals surface area contributed by atoms with Gasteiger partial charge in [0.2, 0.25) is 0 Å². The molecule has 4 aliphatic rings. The normalized spacial score (nSPS) is 52.0. The van der Waals surface area contributed by atoms with Gasteiger partial charge in [0.1, 0.15) is 6.61 Å². The molecule has 6 heteroatoms. The summed E-state index contributed by atoms with van der Waals surface area (Å²) in [5.74, 6) is -2.04. The molecule has 0 aromatic carbocycles. The summed E-state index contributed by atoms with van der Waals surface area (Å²) in [7, 11) is 0. The summed E-state index contributed by atoms with van der Waals surface area (Å²) in [6, 6.07) is 0. The second-order valence-electron chi connectivity index (χ2n) is 9.81. The summed E-state index contributed by atoms with van der Waals surface area (Å²) < 4.78 is 5.10. The fraction of sp³-hybridized carbons (Fsp3) is 0.810. The van der Waals surface area contributed by atoms with Crippen molar-refractivity contribution in [2.24, 2.45) is 28.6 Å². The summed E-state index contributed by atoms with van der Waals surface area (Å²) in [6.45, 7) is 5.53. The standard InChI is InChI=1S/C21H30O6/c1-18-7-4-14-15(5-8-19(2,25)20(14,3)17(23)24)21(18,26)9-6-13(18)12-10-16(22)27-11-12/h10,13-15,25-26H,4-9,11H2,1-3H3,(H,23,24)/p-1. The van der Waals surface area contributed by atoms with E-state index < -0.39 is 28.0 Å². The van der Waals surface area contributed by atoms with Crippen molar-refractivity contribution in [2.45, 2.75) is 70.5 Å². The van der Waals surface area contributed by atoms with Crippen LogP contribution in [0.2, 0.25) is 0 Å². The van der Waals surface area contributed by atoms with E-state index in [0.717, 1.165) is 12.0 Å². The van der Waals surface area contributed by atoms with E-state index >= 15 is 0 Å². The van der Waals surface area contributed by atoms with Gasteiger partial charge in [-0.2, -0.15) is 0 Å². The lowest BCUT2D eigenvalue weighted by Crippen LogP contribution is -2.69. The summed E-state index contributed by atoms with van der Waals surface area (Å²) in [5, 5.41) is 34.9. The molecule has 0 spiro atoms. The van der Waals surface area contributed by atoms with Gasteiger partial charge in [-0.15, -0.1) is 0 Å². The number of aliphatic hydroxyl groups is 2. The van der Waals surface area contributed by atoms with Crippen LogP contribution in [0.25, 0.3) is 0 Å². The molecule has 2 N–H and O–H groups in total. The zero-order valence-electron chi connectivity index (χ0n) is 16.3. The van der Waals surface area contributed by atoms with Crippen molar-refractivity contribution in [1.82, 2.24) is 0 Å². The molecule has 6 nitrogen and oxygen atoms in total. The Hall–Kier alpha value is -1.40. The predicted octanol–water partition coefficient (Wildman–Crippen LogP) is 0.944. The molecule has 0 bridgehead atoms. The predicted molar refractivity (Wildman–Crippen MR) is 94.0 cm³/mol. The number of hydrogen-bond acceptors (Lipinski definition) is 6. The third-order valence-electron chi connectivity index (χ3n) is 9.00. The van der Waals surface area contributed by atoms with Crippen LogP contribution in [0.5, 0.6) is 0 Å². The highest BCUT2D eigenvalue weighted by Crippen LogP contribution is 2.68. The molecule has 1 heterocycles. The molecule has 150 valence electrons. The van der Waals surface area contributed by atoms with Crippen LogP contribution in [0.4, 0.5) is 0 Å². The van der Waals surface area contributed by atoms with E-state index in [9.17, 15) is 24.9 Å². The van der Waals surface area contributed by atoms with Crippen LogP contribution in [0, 0.1) is 28.6 Å². The first-order chi connectivity index (χ1) is 12.5. The zero-order valence-corrected chi connectivity index (χ0v) is 16.3. The fourth-order valence-corrected chi connectivity index (χ4v) is 7.04. The number of hydrogen-bond donors (Lipinski definition) is 2. The maximum absolute atomic E-state index is 12.1. The van der Waals surface area contributed by atoms with Gasteiger partial charge in [-0.1, -0.05) is 13.8 Å². The molecule has 3 fully saturated rings. The van der Waals surface area contributed by atoms with E-state index in [1.807, 2.05) is 0 Å². The first-order valence-corrected chi connectivity index (χ1v) is 10.0. The van der Waals surface area contributed by atoms with Crippen molar-refractivity contribution in [1.29, 1.82) is 0 Å². The molecule has 0 saturated heterocycles. The van der Waals surface area contributed by atoms with Crippen molar-refractivity contribution < 1.29 is 29.6 Å². The lowest BCUT2D eigenvalue weighted by molar-refractivity contribution is -0.341. The topological polar surface area (TPSA) is 107 Å². The zero-order chi connectivity index (χ0) is 19.8. The third kappa shape index (κ3) is 2.20. The average molecular weight is 377 g/mol. The maximum Gasteiger partial charge on any atom is 0.331 e. The van der Waals surface area contributed by atoms with Crippen LogP contribution in [0.1, 0.15) is 59.3 Å². The number of ether oxygens (including phenoxy) is 1. The monoisotopic (exact) mass is 377 g/mol. The van der Waals surface area contributed by atoms with Gasteiger partial charge in [0, 0.05) is 16.9 Å².